The average Bonchev–Trinajstić information content (AvgIpc) is 2.47. The summed E-state index contributed by atoms with van der Waals surface area (Å²) in [6, 6.07) is 12.5. The van der Waals surface area contributed by atoms with Crippen LogP contribution in [0.2, 0.25) is 0 Å². The number of benzene rings is 2. The van der Waals surface area contributed by atoms with Gasteiger partial charge in [-0.15, -0.1) is 11.8 Å². The average molecular weight is 308 g/mol. The molecule has 108 valence electrons. The van der Waals surface area contributed by atoms with E-state index in [1.54, 1.807) is 30.0 Å². The summed E-state index contributed by atoms with van der Waals surface area (Å²) < 4.78 is 38.6. The van der Waals surface area contributed by atoms with Crippen LogP contribution in [0.15, 0.2) is 47.4 Å². The van der Waals surface area contributed by atoms with Crippen LogP contribution in [0.1, 0.15) is 11.1 Å². The summed E-state index contributed by atoms with van der Waals surface area (Å²) in [5.74, 6) is 0. The first-order valence-corrected chi connectivity index (χ1v) is 7.19. The summed E-state index contributed by atoms with van der Waals surface area (Å²) in [5, 5.41) is 11.6. The Balaban J connectivity index is 2.30. The van der Waals surface area contributed by atoms with E-state index in [2.05, 4.69) is 5.32 Å². The predicted molar refractivity (Wildman–Crippen MR) is 77.7 cm³/mol. The van der Waals surface area contributed by atoms with Crippen LogP contribution < -0.4 is 5.32 Å². The highest BCUT2D eigenvalue weighted by Crippen LogP contribution is 2.34. The third kappa shape index (κ3) is 3.70. The minimum atomic E-state index is -4.55. The number of halogens is 3. The van der Waals surface area contributed by atoms with Crippen LogP contribution in [0.4, 0.5) is 24.5 Å². The van der Waals surface area contributed by atoms with Crippen molar-refractivity contribution in [1.82, 2.24) is 0 Å². The van der Waals surface area contributed by atoms with Crippen molar-refractivity contribution in [3.63, 3.8) is 0 Å². The van der Waals surface area contributed by atoms with Gasteiger partial charge >= 0.3 is 6.18 Å². The molecule has 0 aromatic heterocycles. The molecule has 0 aliphatic rings. The molecule has 0 radical (unpaired) electrons. The molecular formula is C15H11F3N2S. The highest BCUT2D eigenvalue weighted by atomic mass is 32.2. The van der Waals surface area contributed by atoms with E-state index < -0.39 is 11.7 Å². The molecule has 2 aromatic rings. The predicted octanol–water partition coefficient (Wildman–Crippen LogP) is 5.04. The number of anilines is 2. The molecule has 0 fully saturated rings. The van der Waals surface area contributed by atoms with Crippen molar-refractivity contribution in [2.75, 3.05) is 11.6 Å². The first kappa shape index (κ1) is 15.3. The van der Waals surface area contributed by atoms with Crippen molar-refractivity contribution in [2.24, 2.45) is 0 Å². The fourth-order valence-electron chi connectivity index (χ4n) is 1.80. The number of thioether (sulfide) groups is 1. The van der Waals surface area contributed by atoms with E-state index >= 15 is 0 Å². The van der Waals surface area contributed by atoms with Crippen molar-refractivity contribution in [2.45, 2.75) is 11.1 Å². The Kier molecular flexibility index (Phi) is 4.43. The van der Waals surface area contributed by atoms with Crippen LogP contribution in [0.5, 0.6) is 0 Å². The molecule has 2 rings (SSSR count). The summed E-state index contributed by atoms with van der Waals surface area (Å²) in [6.07, 6.45) is -2.61. The number of nitriles is 1. The minimum Gasteiger partial charge on any atom is -0.356 e. The second kappa shape index (κ2) is 6.10. The van der Waals surface area contributed by atoms with Gasteiger partial charge in [0, 0.05) is 16.3 Å². The summed E-state index contributed by atoms with van der Waals surface area (Å²) in [6.45, 7) is 0. The molecular weight excluding hydrogens is 297 g/mol. The Morgan fingerprint density at radius 2 is 1.67 bits per heavy atom. The van der Waals surface area contributed by atoms with Gasteiger partial charge in [0.1, 0.15) is 0 Å². The van der Waals surface area contributed by atoms with E-state index in [9.17, 15) is 13.2 Å². The zero-order valence-electron chi connectivity index (χ0n) is 11.0. The van der Waals surface area contributed by atoms with Gasteiger partial charge in [-0.2, -0.15) is 18.4 Å². The topological polar surface area (TPSA) is 35.8 Å². The Morgan fingerprint density at radius 3 is 2.19 bits per heavy atom. The highest BCUT2D eigenvalue weighted by Gasteiger charge is 2.33. The number of nitrogens with zero attached hydrogens (tertiary/aromatic N) is 1. The monoisotopic (exact) mass is 308 g/mol. The van der Waals surface area contributed by atoms with Crippen molar-refractivity contribution < 1.29 is 13.2 Å². The number of hydrogen-bond acceptors (Lipinski definition) is 3. The Labute approximate surface area is 124 Å². The SMILES string of the molecule is CSc1ccc(Nc2ccc(C#N)c(C(F)(F)F)c2)cc1. The largest absolute Gasteiger partial charge is 0.417 e. The molecule has 1 N–H and O–H groups in total. The van der Waals surface area contributed by atoms with E-state index in [1.807, 2.05) is 18.4 Å². The number of nitrogens with one attached hydrogen (secondary N) is 1. The van der Waals surface area contributed by atoms with E-state index in [0.717, 1.165) is 11.0 Å². The van der Waals surface area contributed by atoms with Gasteiger partial charge in [0.15, 0.2) is 0 Å². The van der Waals surface area contributed by atoms with Gasteiger partial charge < -0.3 is 5.32 Å². The summed E-state index contributed by atoms with van der Waals surface area (Å²) in [5.41, 5.74) is -0.342. The van der Waals surface area contributed by atoms with Crippen LogP contribution in [-0.2, 0) is 6.18 Å². The first-order valence-electron chi connectivity index (χ1n) is 5.96. The normalized spacial score (nSPS) is 11.0. The second-order valence-corrected chi connectivity index (χ2v) is 5.10. The van der Waals surface area contributed by atoms with Crippen LogP contribution in [0.25, 0.3) is 0 Å². The molecule has 0 aliphatic heterocycles. The summed E-state index contributed by atoms with van der Waals surface area (Å²) >= 11 is 1.58. The maximum Gasteiger partial charge on any atom is 0.417 e. The lowest BCUT2D eigenvalue weighted by molar-refractivity contribution is -0.137. The van der Waals surface area contributed by atoms with Gasteiger partial charge in [-0.05, 0) is 48.7 Å². The van der Waals surface area contributed by atoms with Crippen molar-refractivity contribution >= 4 is 23.1 Å². The molecule has 0 saturated carbocycles. The maximum atomic E-state index is 12.9. The Morgan fingerprint density at radius 1 is 1.05 bits per heavy atom. The lowest BCUT2D eigenvalue weighted by Gasteiger charge is -2.12. The van der Waals surface area contributed by atoms with Gasteiger partial charge in [0.25, 0.3) is 0 Å². The minimum absolute atomic E-state index is 0.290. The standard InChI is InChI=1S/C15H11F3N2S/c1-21-13-6-4-11(5-7-13)20-12-3-2-10(9-19)14(8-12)15(16,17)18/h2-8,20H,1H3. The van der Waals surface area contributed by atoms with Gasteiger partial charge in [-0.25, -0.2) is 0 Å². The molecule has 0 saturated heterocycles. The van der Waals surface area contributed by atoms with Gasteiger partial charge in [0.2, 0.25) is 0 Å². The fourth-order valence-corrected chi connectivity index (χ4v) is 2.20. The molecule has 6 heteroatoms. The smallest absolute Gasteiger partial charge is 0.356 e. The van der Waals surface area contributed by atoms with E-state index in [-0.39, 0.29) is 5.56 Å². The maximum absolute atomic E-state index is 12.9. The molecule has 2 aromatic carbocycles. The molecule has 0 spiro atoms. The van der Waals surface area contributed by atoms with E-state index in [4.69, 9.17) is 5.26 Å². The van der Waals surface area contributed by atoms with Crippen molar-refractivity contribution in [3.05, 3.63) is 53.6 Å². The summed E-state index contributed by atoms with van der Waals surface area (Å²) in [7, 11) is 0. The van der Waals surface area contributed by atoms with Gasteiger partial charge in [-0.1, -0.05) is 0 Å². The molecule has 0 atom stereocenters. The lowest BCUT2D eigenvalue weighted by Crippen LogP contribution is -2.08. The molecule has 0 aliphatic carbocycles. The Hall–Kier alpha value is -2.13. The van der Waals surface area contributed by atoms with E-state index in [0.29, 0.717) is 11.4 Å². The number of rotatable bonds is 3. The third-order valence-corrected chi connectivity index (χ3v) is 3.57. The fraction of sp³-hybridized carbons (Fsp3) is 0.133. The highest BCUT2D eigenvalue weighted by molar-refractivity contribution is 7.98. The zero-order valence-corrected chi connectivity index (χ0v) is 11.8. The van der Waals surface area contributed by atoms with Crippen LogP contribution in [-0.4, -0.2) is 6.26 Å². The lowest BCUT2D eigenvalue weighted by atomic mass is 10.1. The summed E-state index contributed by atoms with van der Waals surface area (Å²) in [4.78, 5) is 1.07. The van der Waals surface area contributed by atoms with Gasteiger partial charge in [-0.3, -0.25) is 0 Å². The van der Waals surface area contributed by atoms with Crippen LogP contribution in [0, 0.1) is 11.3 Å². The molecule has 0 bridgehead atoms. The number of hydrogen-bond donors (Lipinski definition) is 1. The van der Waals surface area contributed by atoms with E-state index in [1.165, 1.54) is 12.1 Å². The number of alkyl halides is 3. The van der Waals surface area contributed by atoms with Crippen molar-refractivity contribution in [1.29, 1.82) is 5.26 Å². The van der Waals surface area contributed by atoms with Gasteiger partial charge in [0.05, 0.1) is 17.2 Å². The zero-order chi connectivity index (χ0) is 15.5. The molecule has 0 unspecified atom stereocenters. The van der Waals surface area contributed by atoms with Crippen LogP contribution in [0.3, 0.4) is 0 Å². The Bertz CT molecular complexity index is 673. The first-order chi connectivity index (χ1) is 9.94. The van der Waals surface area contributed by atoms with Crippen LogP contribution >= 0.6 is 11.8 Å². The molecule has 2 nitrogen and oxygen atoms in total. The quantitative estimate of drug-likeness (QED) is 0.807. The molecule has 0 heterocycles. The third-order valence-electron chi connectivity index (χ3n) is 2.82. The van der Waals surface area contributed by atoms with Crippen molar-refractivity contribution in [3.8, 4) is 6.07 Å². The second-order valence-electron chi connectivity index (χ2n) is 4.22. The molecule has 21 heavy (non-hydrogen) atoms. The molecule has 0 amide bonds.